The monoisotopic (exact) mass is 313 g/mol. The van der Waals surface area contributed by atoms with Crippen LogP contribution in [0.1, 0.15) is 32.3 Å². The second-order valence-electron chi connectivity index (χ2n) is 5.08. The van der Waals surface area contributed by atoms with Crippen LogP contribution >= 0.6 is 0 Å². The minimum atomic E-state index is -3.37. The highest BCUT2D eigenvalue weighted by molar-refractivity contribution is 7.88. The van der Waals surface area contributed by atoms with Gasteiger partial charge >= 0.3 is 0 Å². The molecule has 0 aliphatic carbocycles. The summed E-state index contributed by atoms with van der Waals surface area (Å²) in [5.41, 5.74) is 0.797. The Morgan fingerprint density at radius 2 is 2.19 bits per heavy atom. The smallest absolute Gasteiger partial charge is 0.221 e. The lowest BCUT2D eigenvalue weighted by Crippen LogP contribution is -2.37. The molecule has 118 valence electrons. The van der Waals surface area contributed by atoms with E-state index >= 15 is 0 Å². The number of aromatic nitrogens is 1. The zero-order valence-corrected chi connectivity index (χ0v) is 13.6. The van der Waals surface area contributed by atoms with Crippen molar-refractivity contribution in [1.29, 1.82) is 0 Å². The van der Waals surface area contributed by atoms with Crippen LogP contribution in [0.4, 0.5) is 0 Å². The van der Waals surface area contributed by atoms with Crippen LogP contribution < -0.4 is 5.32 Å². The molecule has 21 heavy (non-hydrogen) atoms. The Labute approximate surface area is 126 Å². The molecule has 1 N–H and O–H groups in total. The fraction of sp³-hybridized carbons (Fsp3) is 0.571. The first-order valence-corrected chi connectivity index (χ1v) is 8.81. The van der Waals surface area contributed by atoms with Crippen LogP contribution in [0.25, 0.3) is 0 Å². The molecule has 0 saturated heterocycles. The quantitative estimate of drug-likeness (QED) is 0.781. The van der Waals surface area contributed by atoms with Crippen molar-refractivity contribution >= 4 is 15.9 Å². The number of carbonyl (C=O) groups excluding carboxylic acids is 1. The van der Waals surface area contributed by atoms with Gasteiger partial charge in [0.05, 0.1) is 6.26 Å². The SMILES string of the molecule is CCC(C)NC(=O)CCN(Cc1cccnc1)S(C)(=O)=O. The van der Waals surface area contributed by atoms with Crippen LogP contribution in [-0.2, 0) is 21.4 Å². The number of amides is 1. The topological polar surface area (TPSA) is 79.4 Å². The van der Waals surface area contributed by atoms with Gasteiger partial charge in [0.1, 0.15) is 0 Å². The molecule has 1 aromatic heterocycles. The van der Waals surface area contributed by atoms with Crippen molar-refractivity contribution in [2.24, 2.45) is 0 Å². The molecule has 0 fully saturated rings. The van der Waals surface area contributed by atoms with E-state index in [0.29, 0.717) is 0 Å². The Balaban J connectivity index is 2.62. The third-order valence-corrected chi connectivity index (χ3v) is 4.41. The predicted molar refractivity (Wildman–Crippen MR) is 82.0 cm³/mol. The van der Waals surface area contributed by atoms with Gasteiger partial charge in [-0.05, 0) is 25.0 Å². The number of pyridine rings is 1. The largest absolute Gasteiger partial charge is 0.354 e. The van der Waals surface area contributed by atoms with Crippen LogP contribution in [-0.4, -0.2) is 42.5 Å². The Hall–Kier alpha value is -1.47. The minimum Gasteiger partial charge on any atom is -0.354 e. The Morgan fingerprint density at radius 1 is 1.48 bits per heavy atom. The van der Waals surface area contributed by atoms with Crippen molar-refractivity contribution < 1.29 is 13.2 Å². The van der Waals surface area contributed by atoms with Gasteiger partial charge in [-0.25, -0.2) is 8.42 Å². The predicted octanol–water partition coefficient (Wildman–Crippen LogP) is 1.15. The van der Waals surface area contributed by atoms with Crippen LogP contribution in [0.2, 0.25) is 0 Å². The van der Waals surface area contributed by atoms with Crippen molar-refractivity contribution in [3.8, 4) is 0 Å². The summed E-state index contributed by atoms with van der Waals surface area (Å²) in [5.74, 6) is -0.135. The first-order chi connectivity index (χ1) is 9.82. The fourth-order valence-corrected chi connectivity index (χ4v) is 2.54. The minimum absolute atomic E-state index is 0.0995. The van der Waals surface area contributed by atoms with Crippen LogP contribution in [0.5, 0.6) is 0 Å². The van der Waals surface area contributed by atoms with E-state index in [4.69, 9.17) is 0 Å². The lowest BCUT2D eigenvalue weighted by molar-refractivity contribution is -0.121. The van der Waals surface area contributed by atoms with Crippen LogP contribution in [0.15, 0.2) is 24.5 Å². The van der Waals surface area contributed by atoms with E-state index in [2.05, 4.69) is 10.3 Å². The van der Waals surface area contributed by atoms with Crippen molar-refractivity contribution in [1.82, 2.24) is 14.6 Å². The maximum atomic E-state index is 11.8. The molecule has 7 heteroatoms. The van der Waals surface area contributed by atoms with Gasteiger partial charge in [0.25, 0.3) is 0 Å². The molecular weight excluding hydrogens is 290 g/mol. The first-order valence-electron chi connectivity index (χ1n) is 6.96. The number of hydrogen-bond donors (Lipinski definition) is 1. The Bertz CT molecular complexity index is 546. The molecule has 0 saturated carbocycles. The van der Waals surface area contributed by atoms with E-state index < -0.39 is 10.0 Å². The summed E-state index contributed by atoms with van der Waals surface area (Å²) in [6.45, 7) is 4.29. The number of nitrogens with zero attached hydrogens (tertiary/aromatic N) is 2. The zero-order chi connectivity index (χ0) is 15.9. The molecule has 0 bridgehead atoms. The zero-order valence-electron chi connectivity index (χ0n) is 12.7. The summed E-state index contributed by atoms with van der Waals surface area (Å²) in [4.78, 5) is 15.7. The summed E-state index contributed by atoms with van der Waals surface area (Å²) in [5, 5.41) is 2.83. The molecule has 1 heterocycles. The highest BCUT2D eigenvalue weighted by Crippen LogP contribution is 2.08. The van der Waals surface area contributed by atoms with E-state index in [1.54, 1.807) is 18.5 Å². The van der Waals surface area contributed by atoms with Crippen molar-refractivity contribution in [3.05, 3.63) is 30.1 Å². The van der Waals surface area contributed by atoms with Crippen molar-refractivity contribution in [3.63, 3.8) is 0 Å². The van der Waals surface area contributed by atoms with E-state index in [9.17, 15) is 13.2 Å². The van der Waals surface area contributed by atoms with E-state index in [1.807, 2.05) is 19.9 Å². The molecule has 1 unspecified atom stereocenters. The summed E-state index contributed by atoms with van der Waals surface area (Å²) in [6, 6.07) is 3.66. The summed E-state index contributed by atoms with van der Waals surface area (Å²) >= 11 is 0. The summed E-state index contributed by atoms with van der Waals surface area (Å²) in [7, 11) is -3.37. The molecule has 0 radical (unpaired) electrons. The Morgan fingerprint density at radius 3 is 2.71 bits per heavy atom. The molecule has 1 rings (SSSR count). The number of hydrogen-bond acceptors (Lipinski definition) is 4. The van der Waals surface area contributed by atoms with Gasteiger partial charge in [-0.3, -0.25) is 9.78 Å². The molecule has 0 spiro atoms. The lowest BCUT2D eigenvalue weighted by Gasteiger charge is -2.20. The van der Waals surface area contributed by atoms with Gasteiger partial charge in [0, 0.05) is 37.9 Å². The molecule has 0 aliphatic heterocycles. The fourth-order valence-electron chi connectivity index (χ4n) is 1.73. The summed E-state index contributed by atoms with van der Waals surface area (Å²) < 4.78 is 24.9. The van der Waals surface area contributed by atoms with Gasteiger partial charge in [-0.1, -0.05) is 13.0 Å². The number of sulfonamides is 1. The van der Waals surface area contributed by atoms with Gasteiger partial charge in [0.2, 0.25) is 15.9 Å². The van der Waals surface area contributed by atoms with E-state index in [1.165, 1.54) is 4.31 Å². The normalized spacial score (nSPS) is 13.1. The van der Waals surface area contributed by atoms with Gasteiger partial charge in [-0.15, -0.1) is 0 Å². The summed E-state index contributed by atoms with van der Waals surface area (Å²) in [6.07, 6.45) is 5.40. The molecular formula is C14H23N3O3S. The van der Waals surface area contributed by atoms with Gasteiger partial charge in [0.15, 0.2) is 0 Å². The van der Waals surface area contributed by atoms with E-state index in [-0.39, 0.29) is 31.5 Å². The third kappa shape index (κ3) is 6.68. The highest BCUT2D eigenvalue weighted by Gasteiger charge is 2.18. The van der Waals surface area contributed by atoms with Crippen molar-refractivity contribution in [2.75, 3.05) is 12.8 Å². The second-order valence-corrected chi connectivity index (χ2v) is 7.07. The molecule has 1 amide bonds. The average Bonchev–Trinajstić information content (AvgIpc) is 2.43. The lowest BCUT2D eigenvalue weighted by atomic mass is 10.2. The maximum Gasteiger partial charge on any atom is 0.221 e. The van der Waals surface area contributed by atoms with E-state index in [0.717, 1.165) is 18.2 Å². The number of carbonyl (C=O) groups is 1. The second kappa shape index (κ2) is 8.09. The Kier molecular flexibility index (Phi) is 6.77. The molecule has 0 aliphatic rings. The van der Waals surface area contributed by atoms with Gasteiger partial charge in [-0.2, -0.15) is 4.31 Å². The standard InChI is InChI=1S/C14H23N3O3S/c1-4-12(2)16-14(18)7-9-17(21(3,19)20)11-13-6-5-8-15-10-13/h5-6,8,10,12H,4,7,9,11H2,1-3H3,(H,16,18). The van der Waals surface area contributed by atoms with Gasteiger partial charge < -0.3 is 5.32 Å². The van der Waals surface area contributed by atoms with Crippen molar-refractivity contribution in [2.45, 2.75) is 39.3 Å². The van der Waals surface area contributed by atoms with Crippen LogP contribution in [0, 0.1) is 0 Å². The number of nitrogens with one attached hydrogen (secondary N) is 1. The number of rotatable bonds is 8. The average molecular weight is 313 g/mol. The molecule has 1 atom stereocenters. The third-order valence-electron chi connectivity index (χ3n) is 3.16. The molecule has 6 nitrogen and oxygen atoms in total. The highest BCUT2D eigenvalue weighted by atomic mass is 32.2. The maximum absolute atomic E-state index is 11.8. The molecule has 0 aromatic carbocycles. The molecule has 1 aromatic rings. The first kappa shape index (κ1) is 17.6. The van der Waals surface area contributed by atoms with Crippen LogP contribution in [0.3, 0.4) is 0 Å².